The van der Waals surface area contributed by atoms with Crippen LogP contribution in [0.4, 0.5) is 0 Å². The van der Waals surface area contributed by atoms with Gasteiger partial charge in [0.1, 0.15) is 5.75 Å². The molecule has 1 aromatic carbocycles. The number of rotatable bonds is 6. The molecule has 1 unspecified atom stereocenters. The zero-order valence-corrected chi connectivity index (χ0v) is 12.8. The second-order valence-electron chi connectivity index (χ2n) is 6.16. The Morgan fingerprint density at radius 1 is 1.20 bits per heavy atom. The fourth-order valence-electron chi connectivity index (χ4n) is 3.17. The van der Waals surface area contributed by atoms with Gasteiger partial charge in [-0.05, 0) is 32.3 Å². The van der Waals surface area contributed by atoms with Gasteiger partial charge in [-0.3, -0.25) is 11.3 Å². The van der Waals surface area contributed by atoms with Crippen LogP contribution in [0.1, 0.15) is 64.0 Å². The highest BCUT2D eigenvalue weighted by atomic mass is 16.5. The van der Waals surface area contributed by atoms with E-state index in [1.54, 1.807) is 0 Å². The minimum atomic E-state index is 0.184. The van der Waals surface area contributed by atoms with Crippen LogP contribution in [0.15, 0.2) is 24.3 Å². The molecule has 1 fully saturated rings. The molecule has 1 aromatic rings. The Kier molecular flexibility index (Phi) is 5.86. The van der Waals surface area contributed by atoms with Crippen LogP contribution in [0, 0.1) is 5.92 Å². The second kappa shape index (κ2) is 7.65. The SMILES string of the molecule is CC(C)Oc1ccccc1C(CC1CCCCC1)NN. The average Bonchev–Trinajstić information content (AvgIpc) is 2.46. The lowest BCUT2D eigenvalue weighted by atomic mass is 9.83. The molecule has 0 aromatic heterocycles. The maximum absolute atomic E-state index is 5.92. The number of hydrazine groups is 1. The smallest absolute Gasteiger partial charge is 0.124 e. The van der Waals surface area contributed by atoms with Crippen LogP contribution in [0.5, 0.6) is 5.75 Å². The first kappa shape index (κ1) is 15.3. The number of ether oxygens (including phenoxy) is 1. The summed E-state index contributed by atoms with van der Waals surface area (Å²) in [4.78, 5) is 0. The minimum Gasteiger partial charge on any atom is -0.491 e. The summed E-state index contributed by atoms with van der Waals surface area (Å²) in [6, 6.07) is 8.45. The molecule has 1 aliphatic carbocycles. The van der Waals surface area contributed by atoms with Gasteiger partial charge in [0.05, 0.1) is 6.10 Å². The zero-order valence-electron chi connectivity index (χ0n) is 12.8. The highest BCUT2D eigenvalue weighted by Gasteiger charge is 2.21. The van der Waals surface area contributed by atoms with Crippen molar-refractivity contribution in [3.05, 3.63) is 29.8 Å². The summed E-state index contributed by atoms with van der Waals surface area (Å²) in [6.07, 6.45) is 8.10. The predicted molar refractivity (Wildman–Crippen MR) is 83.5 cm³/mol. The van der Waals surface area contributed by atoms with E-state index in [0.29, 0.717) is 0 Å². The molecule has 112 valence electrons. The number of hydrogen-bond donors (Lipinski definition) is 2. The molecule has 1 aliphatic rings. The van der Waals surface area contributed by atoms with Crippen molar-refractivity contribution in [3.63, 3.8) is 0 Å². The fraction of sp³-hybridized carbons (Fsp3) is 0.647. The number of benzene rings is 1. The van der Waals surface area contributed by atoms with E-state index >= 15 is 0 Å². The topological polar surface area (TPSA) is 47.3 Å². The quantitative estimate of drug-likeness (QED) is 0.611. The lowest BCUT2D eigenvalue weighted by Gasteiger charge is -2.27. The minimum absolute atomic E-state index is 0.184. The van der Waals surface area contributed by atoms with Crippen molar-refractivity contribution in [3.8, 4) is 5.75 Å². The molecule has 0 heterocycles. The summed E-state index contributed by atoms with van der Waals surface area (Å²) in [5.74, 6) is 7.56. The summed E-state index contributed by atoms with van der Waals surface area (Å²) in [6.45, 7) is 4.12. The molecule has 20 heavy (non-hydrogen) atoms. The molecule has 0 aliphatic heterocycles. The molecule has 3 heteroatoms. The van der Waals surface area contributed by atoms with Crippen molar-refractivity contribution < 1.29 is 4.74 Å². The van der Waals surface area contributed by atoms with Crippen molar-refractivity contribution in [2.24, 2.45) is 11.8 Å². The van der Waals surface area contributed by atoms with E-state index in [0.717, 1.165) is 18.1 Å². The molecular formula is C17H28N2O. The van der Waals surface area contributed by atoms with Gasteiger partial charge < -0.3 is 4.74 Å². The van der Waals surface area contributed by atoms with Crippen LogP contribution in [-0.4, -0.2) is 6.10 Å². The van der Waals surface area contributed by atoms with Crippen molar-refractivity contribution in [1.29, 1.82) is 0 Å². The van der Waals surface area contributed by atoms with Gasteiger partial charge in [-0.2, -0.15) is 0 Å². The van der Waals surface area contributed by atoms with Gasteiger partial charge in [-0.25, -0.2) is 0 Å². The molecule has 3 N–H and O–H groups in total. The molecule has 2 rings (SSSR count). The predicted octanol–water partition coefficient (Wildman–Crippen LogP) is 3.95. The molecule has 3 nitrogen and oxygen atoms in total. The average molecular weight is 276 g/mol. The van der Waals surface area contributed by atoms with Crippen LogP contribution in [-0.2, 0) is 0 Å². The first-order valence-corrected chi connectivity index (χ1v) is 7.92. The Morgan fingerprint density at radius 2 is 1.90 bits per heavy atom. The lowest BCUT2D eigenvalue weighted by Crippen LogP contribution is -2.30. The summed E-state index contributed by atoms with van der Waals surface area (Å²) in [5, 5.41) is 0. The molecule has 0 amide bonds. The van der Waals surface area contributed by atoms with Crippen molar-refractivity contribution in [2.45, 2.75) is 64.5 Å². The molecule has 1 saturated carbocycles. The first-order chi connectivity index (χ1) is 9.70. The normalized spacial score (nSPS) is 18.2. The van der Waals surface area contributed by atoms with Gasteiger partial charge in [0.25, 0.3) is 0 Å². The summed E-state index contributed by atoms with van der Waals surface area (Å²) >= 11 is 0. The lowest BCUT2D eigenvalue weighted by molar-refractivity contribution is 0.233. The van der Waals surface area contributed by atoms with Gasteiger partial charge in [-0.1, -0.05) is 50.3 Å². The van der Waals surface area contributed by atoms with E-state index < -0.39 is 0 Å². The van der Waals surface area contributed by atoms with E-state index in [-0.39, 0.29) is 12.1 Å². The molecule has 0 radical (unpaired) electrons. The van der Waals surface area contributed by atoms with Gasteiger partial charge >= 0.3 is 0 Å². The number of hydrogen-bond acceptors (Lipinski definition) is 3. The van der Waals surface area contributed by atoms with E-state index in [4.69, 9.17) is 10.6 Å². The summed E-state index contributed by atoms with van der Waals surface area (Å²) < 4.78 is 5.92. The highest BCUT2D eigenvalue weighted by molar-refractivity contribution is 5.36. The number of nitrogens with one attached hydrogen (secondary N) is 1. The Balaban J connectivity index is 2.09. The number of nitrogens with two attached hydrogens (primary N) is 1. The summed E-state index contributed by atoms with van der Waals surface area (Å²) in [5.41, 5.74) is 4.19. The van der Waals surface area contributed by atoms with Gasteiger partial charge in [0.15, 0.2) is 0 Å². The summed E-state index contributed by atoms with van der Waals surface area (Å²) in [7, 11) is 0. The highest BCUT2D eigenvalue weighted by Crippen LogP contribution is 2.34. The third-order valence-electron chi connectivity index (χ3n) is 4.15. The zero-order chi connectivity index (χ0) is 14.4. The van der Waals surface area contributed by atoms with Gasteiger partial charge in [0.2, 0.25) is 0 Å². The third kappa shape index (κ3) is 4.22. The van der Waals surface area contributed by atoms with Crippen LogP contribution in [0.25, 0.3) is 0 Å². The van der Waals surface area contributed by atoms with Gasteiger partial charge in [0, 0.05) is 11.6 Å². The van der Waals surface area contributed by atoms with Crippen molar-refractivity contribution in [1.82, 2.24) is 5.43 Å². The van der Waals surface area contributed by atoms with E-state index in [1.807, 2.05) is 12.1 Å². The molecule has 0 saturated heterocycles. The maximum Gasteiger partial charge on any atom is 0.124 e. The first-order valence-electron chi connectivity index (χ1n) is 7.92. The Hall–Kier alpha value is -1.06. The largest absolute Gasteiger partial charge is 0.491 e. The maximum atomic E-state index is 5.92. The Bertz CT molecular complexity index is 400. The van der Waals surface area contributed by atoms with Crippen LogP contribution in [0.2, 0.25) is 0 Å². The molecule has 0 spiro atoms. The second-order valence-corrected chi connectivity index (χ2v) is 6.16. The van der Waals surface area contributed by atoms with E-state index in [2.05, 4.69) is 31.4 Å². The van der Waals surface area contributed by atoms with Gasteiger partial charge in [-0.15, -0.1) is 0 Å². The third-order valence-corrected chi connectivity index (χ3v) is 4.15. The van der Waals surface area contributed by atoms with E-state index in [9.17, 15) is 0 Å². The number of para-hydroxylation sites is 1. The van der Waals surface area contributed by atoms with Crippen LogP contribution >= 0.6 is 0 Å². The standard InChI is InChI=1S/C17H28N2O/c1-13(2)20-17-11-7-6-10-15(17)16(19-18)12-14-8-4-3-5-9-14/h6-7,10-11,13-14,16,19H,3-5,8-9,12,18H2,1-2H3. The van der Waals surface area contributed by atoms with Crippen LogP contribution in [0.3, 0.4) is 0 Å². The molecule has 1 atom stereocenters. The van der Waals surface area contributed by atoms with Crippen molar-refractivity contribution in [2.75, 3.05) is 0 Å². The fourth-order valence-corrected chi connectivity index (χ4v) is 3.17. The van der Waals surface area contributed by atoms with E-state index in [1.165, 1.54) is 37.7 Å². The monoisotopic (exact) mass is 276 g/mol. The Morgan fingerprint density at radius 3 is 2.55 bits per heavy atom. The van der Waals surface area contributed by atoms with Crippen molar-refractivity contribution >= 4 is 0 Å². The molecule has 0 bridgehead atoms. The Labute approximate surface area is 122 Å². The van der Waals surface area contributed by atoms with Crippen LogP contribution < -0.4 is 16.0 Å². The molecular weight excluding hydrogens is 248 g/mol.